The molecule has 106 valence electrons. The number of nitrogens with zero attached hydrogens (tertiary/aromatic N) is 3. The lowest BCUT2D eigenvalue weighted by molar-refractivity contribution is 0.122. The highest BCUT2D eigenvalue weighted by Gasteiger charge is 2.20. The summed E-state index contributed by atoms with van der Waals surface area (Å²) >= 11 is 0. The van der Waals surface area contributed by atoms with Gasteiger partial charge < -0.3 is 15.0 Å². The molecule has 1 unspecified atom stereocenters. The van der Waals surface area contributed by atoms with E-state index in [-0.39, 0.29) is 12.4 Å². The van der Waals surface area contributed by atoms with E-state index in [9.17, 15) is 0 Å². The van der Waals surface area contributed by atoms with Crippen molar-refractivity contribution in [3.63, 3.8) is 0 Å². The highest BCUT2D eigenvalue weighted by molar-refractivity contribution is 5.85. The second-order valence-corrected chi connectivity index (χ2v) is 4.95. The predicted molar refractivity (Wildman–Crippen MR) is 77.0 cm³/mol. The molecule has 0 spiro atoms. The molecule has 0 radical (unpaired) electrons. The van der Waals surface area contributed by atoms with Gasteiger partial charge >= 0.3 is 0 Å². The number of nitrogens with one attached hydrogen (secondary N) is 1. The van der Waals surface area contributed by atoms with Crippen molar-refractivity contribution in [1.82, 2.24) is 15.3 Å². The standard InChI is InChI=1S/C13H20N4O.ClH/c1-10-15-12(11-3-2-4-14-11)9-13(16-10)17-5-7-18-8-6-17;/h9,11,14H,2-8H2,1H3;1H. The van der Waals surface area contributed by atoms with Crippen molar-refractivity contribution in [2.75, 3.05) is 37.7 Å². The summed E-state index contributed by atoms with van der Waals surface area (Å²) in [6, 6.07) is 2.55. The Bertz CT molecular complexity index is 417. The third-order valence-electron chi connectivity index (χ3n) is 3.60. The van der Waals surface area contributed by atoms with Gasteiger partial charge in [0.05, 0.1) is 18.9 Å². The molecule has 0 aromatic carbocycles. The maximum Gasteiger partial charge on any atom is 0.132 e. The lowest BCUT2D eigenvalue weighted by Gasteiger charge is -2.28. The Hall–Kier alpha value is -0.910. The van der Waals surface area contributed by atoms with Crippen LogP contribution in [0.3, 0.4) is 0 Å². The van der Waals surface area contributed by atoms with Crippen LogP contribution in [-0.2, 0) is 4.74 Å². The van der Waals surface area contributed by atoms with Crippen LogP contribution in [0.4, 0.5) is 5.82 Å². The number of ether oxygens (including phenoxy) is 1. The van der Waals surface area contributed by atoms with Gasteiger partial charge in [0.1, 0.15) is 11.6 Å². The second-order valence-electron chi connectivity index (χ2n) is 4.95. The summed E-state index contributed by atoms with van der Waals surface area (Å²) in [7, 11) is 0. The molecule has 2 fully saturated rings. The number of aryl methyl sites for hydroxylation is 1. The van der Waals surface area contributed by atoms with E-state index in [2.05, 4.69) is 26.3 Å². The van der Waals surface area contributed by atoms with Gasteiger partial charge in [-0.15, -0.1) is 12.4 Å². The molecule has 3 heterocycles. The molecule has 1 aromatic rings. The lowest BCUT2D eigenvalue weighted by Crippen LogP contribution is -2.37. The summed E-state index contributed by atoms with van der Waals surface area (Å²) in [4.78, 5) is 11.4. The fraction of sp³-hybridized carbons (Fsp3) is 0.692. The highest BCUT2D eigenvalue weighted by Crippen LogP contribution is 2.24. The van der Waals surface area contributed by atoms with Crippen LogP contribution in [0.5, 0.6) is 0 Å². The van der Waals surface area contributed by atoms with Crippen LogP contribution in [-0.4, -0.2) is 42.8 Å². The van der Waals surface area contributed by atoms with Crippen molar-refractivity contribution in [3.05, 3.63) is 17.6 Å². The van der Waals surface area contributed by atoms with E-state index in [0.717, 1.165) is 50.2 Å². The Morgan fingerprint density at radius 3 is 2.79 bits per heavy atom. The molecule has 0 amide bonds. The Balaban J connectivity index is 0.00000133. The molecule has 3 rings (SSSR count). The summed E-state index contributed by atoms with van der Waals surface area (Å²) in [5.41, 5.74) is 1.14. The zero-order valence-electron chi connectivity index (χ0n) is 11.3. The number of halogens is 1. The van der Waals surface area contributed by atoms with E-state index in [0.29, 0.717) is 6.04 Å². The van der Waals surface area contributed by atoms with E-state index >= 15 is 0 Å². The average molecular weight is 285 g/mol. The molecule has 5 nitrogen and oxygen atoms in total. The van der Waals surface area contributed by atoms with Gasteiger partial charge in [-0.05, 0) is 26.3 Å². The van der Waals surface area contributed by atoms with Gasteiger partial charge in [-0.1, -0.05) is 0 Å². The van der Waals surface area contributed by atoms with Gasteiger partial charge in [-0.3, -0.25) is 0 Å². The van der Waals surface area contributed by atoms with Gasteiger partial charge in [-0.2, -0.15) is 0 Å². The molecule has 0 saturated carbocycles. The van der Waals surface area contributed by atoms with Crippen LogP contribution in [0.25, 0.3) is 0 Å². The Labute approximate surface area is 120 Å². The number of morpholine rings is 1. The average Bonchev–Trinajstić information content (AvgIpc) is 2.93. The molecular formula is C13H21ClN4O. The predicted octanol–water partition coefficient (Wildman–Crippen LogP) is 1.47. The number of aromatic nitrogens is 2. The summed E-state index contributed by atoms with van der Waals surface area (Å²) in [5, 5.41) is 3.50. The number of rotatable bonds is 2. The van der Waals surface area contributed by atoms with Crippen molar-refractivity contribution in [3.8, 4) is 0 Å². The topological polar surface area (TPSA) is 50.3 Å². The van der Waals surface area contributed by atoms with Gasteiger partial charge in [0.25, 0.3) is 0 Å². The van der Waals surface area contributed by atoms with E-state index in [1.807, 2.05) is 6.92 Å². The SMILES string of the molecule is Cc1nc(C2CCCN2)cc(N2CCOCC2)n1.Cl. The molecule has 2 aliphatic rings. The molecule has 2 saturated heterocycles. The fourth-order valence-electron chi connectivity index (χ4n) is 2.64. The van der Waals surface area contributed by atoms with Crippen molar-refractivity contribution in [2.45, 2.75) is 25.8 Å². The third kappa shape index (κ3) is 3.35. The minimum atomic E-state index is 0. The number of anilines is 1. The normalized spacial score (nSPS) is 23.2. The van der Waals surface area contributed by atoms with Crippen molar-refractivity contribution in [1.29, 1.82) is 0 Å². The van der Waals surface area contributed by atoms with Crippen LogP contribution in [0.2, 0.25) is 0 Å². The maximum atomic E-state index is 5.38. The molecule has 1 atom stereocenters. The van der Waals surface area contributed by atoms with Crippen LogP contribution >= 0.6 is 12.4 Å². The molecule has 1 aromatic heterocycles. The van der Waals surface area contributed by atoms with Crippen molar-refractivity contribution in [2.24, 2.45) is 0 Å². The van der Waals surface area contributed by atoms with Crippen molar-refractivity contribution >= 4 is 18.2 Å². The molecule has 0 bridgehead atoms. The third-order valence-corrected chi connectivity index (χ3v) is 3.60. The first-order valence-electron chi connectivity index (χ1n) is 6.74. The molecule has 0 aliphatic carbocycles. The number of hydrogen-bond acceptors (Lipinski definition) is 5. The zero-order valence-corrected chi connectivity index (χ0v) is 12.1. The summed E-state index contributed by atoms with van der Waals surface area (Å²) in [5.74, 6) is 1.91. The summed E-state index contributed by atoms with van der Waals surface area (Å²) in [6.45, 7) is 6.51. The monoisotopic (exact) mass is 284 g/mol. The molecule has 19 heavy (non-hydrogen) atoms. The first-order valence-corrected chi connectivity index (χ1v) is 6.74. The minimum Gasteiger partial charge on any atom is -0.378 e. The Morgan fingerprint density at radius 1 is 1.32 bits per heavy atom. The van der Waals surface area contributed by atoms with Gasteiger partial charge in [-0.25, -0.2) is 9.97 Å². The highest BCUT2D eigenvalue weighted by atomic mass is 35.5. The van der Waals surface area contributed by atoms with Gasteiger partial charge in [0.15, 0.2) is 0 Å². The maximum absolute atomic E-state index is 5.38. The van der Waals surface area contributed by atoms with Crippen LogP contribution in [0.15, 0.2) is 6.07 Å². The molecular weight excluding hydrogens is 264 g/mol. The smallest absolute Gasteiger partial charge is 0.132 e. The summed E-state index contributed by atoms with van der Waals surface area (Å²) < 4.78 is 5.38. The van der Waals surface area contributed by atoms with E-state index in [1.165, 1.54) is 12.8 Å². The van der Waals surface area contributed by atoms with Crippen LogP contribution in [0.1, 0.15) is 30.4 Å². The Kier molecular flexibility index (Phi) is 4.96. The summed E-state index contributed by atoms with van der Waals surface area (Å²) in [6.07, 6.45) is 2.42. The first-order chi connectivity index (χ1) is 8.83. The molecule has 1 N–H and O–H groups in total. The second kappa shape index (κ2) is 6.50. The number of hydrogen-bond donors (Lipinski definition) is 1. The lowest BCUT2D eigenvalue weighted by atomic mass is 10.1. The van der Waals surface area contributed by atoms with Crippen molar-refractivity contribution < 1.29 is 4.74 Å². The zero-order chi connectivity index (χ0) is 12.4. The fourth-order valence-corrected chi connectivity index (χ4v) is 2.64. The molecule has 6 heteroatoms. The quantitative estimate of drug-likeness (QED) is 0.891. The first kappa shape index (κ1) is 14.5. The van der Waals surface area contributed by atoms with Gasteiger partial charge in [0.2, 0.25) is 0 Å². The minimum absolute atomic E-state index is 0. The van der Waals surface area contributed by atoms with Gasteiger partial charge in [0, 0.05) is 25.2 Å². The van der Waals surface area contributed by atoms with Crippen LogP contribution in [0, 0.1) is 6.92 Å². The van der Waals surface area contributed by atoms with E-state index in [4.69, 9.17) is 4.74 Å². The van der Waals surface area contributed by atoms with E-state index < -0.39 is 0 Å². The largest absolute Gasteiger partial charge is 0.378 e. The van der Waals surface area contributed by atoms with Crippen LogP contribution < -0.4 is 10.2 Å². The Morgan fingerprint density at radius 2 is 2.11 bits per heavy atom. The van der Waals surface area contributed by atoms with E-state index in [1.54, 1.807) is 0 Å². The molecule has 2 aliphatic heterocycles.